The molecule has 2 nitrogen and oxygen atoms in total. The topological polar surface area (TPSA) is 35.2 Å². The number of ether oxygens (including phenoxy) is 1. The lowest BCUT2D eigenvalue weighted by molar-refractivity contribution is 0.341. The maximum absolute atomic E-state index is 14.0. The number of rotatable bonds is 4. The first-order chi connectivity index (χ1) is 8.76. The van der Waals surface area contributed by atoms with E-state index < -0.39 is 0 Å². The van der Waals surface area contributed by atoms with Gasteiger partial charge >= 0.3 is 0 Å². The lowest BCUT2D eigenvalue weighted by atomic mass is 10.0. The van der Waals surface area contributed by atoms with E-state index in [4.69, 9.17) is 10.5 Å². The number of para-hydroxylation sites is 1. The van der Waals surface area contributed by atoms with Crippen LogP contribution in [0.15, 0.2) is 42.5 Å². The summed E-state index contributed by atoms with van der Waals surface area (Å²) in [6, 6.07) is 12.5. The van der Waals surface area contributed by atoms with Gasteiger partial charge in [-0.25, -0.2) is 4.39 Å². The summed E-state index contributed by atoms with van der Waals surface area (Å²) in [6.07, 6.45) is 0. The Balaban J connectivity index is 2.48. The van der Waals surface area contributed by atoms with E-state index in [0.29, 0.717) is 24.5 Å². The van der Waals surface area contributed by atoms with Gasteiger partial charge in [0.2, 0.25) is 0 Å². The fourth-order valence-corrected chi connectivity index (χ4v) is 1.87. The lowest BCUT2D eigenvalue weighted by Crippen LogP contribution is -1.98. The highest BCUT2D eigenvalue weighted by molar-refractivity contribution is 5.71. The first-order valence-electron chi connectivity index (χ1n) is 5.97. The van der Waals surface area contributed by atoms with E-state index in [-0.39, 0.29) is 5.82 Å². The minimum Gasteiger partial charge on any atom is -0.493 e. The molecule has 0 saturated carbocycles. The van der Waals surface area contributed by atoms with Crippen molar-refractivity contribution in [3.8, 4) is 16.9 Å². The molecule has 0 bridgehead atoms. The fourth-order valence-electron chi connectivity index (χ4n) is 1.87. The minimum atomic E-state index is -0.273. The van der Waals surface area contributed by atoms with Crippen molar-refractivity contribution in [3.63, 3.8) is 0 Å². The fraction of sp³-hybridized carbons (Fsp3) is 0.200. The van der Waals surface area contributed by atoms with Crippen molar-refractivity contribution < 1.29 is 9.13 Å². The van der Waals surface area contributed by atoms with E-state index in [0.717, 1.165) is 11.1 Å². The van der Waals surface area contributed by atoms with Crippen LogP contribution in [-0.4, -0.2) is 6.61 Å². The second kappa shape index (κ2) is 5.65. The highest BCUT2D eigenvalue weighted by atomic mass is 19.1. The van der Waals surface area contributed by atoms with E-state index in [2.05, 4.69) is 0 Å². The predicted octanol–water partition coefficient (Wildman–Crippen LogP) is 3.35. The van der Waals surface area contributed by atoms with E-state index in [9.17, 15) is 4.39 Å². The molecular formula is C15H16FNO. The third-order valence-electron chi connectivity index (χ3n) is 2.75. The van der Waals surface area contributed by atoms with Crippen LogP contribution < -0.4 is 10.5 Å². The van der Waals surface area contributed by atoms with E-state index >= 15 is 0 Å². The van der Waals surface area contributed by atoms with Crippen molar-refractivity contribution in [2.45, 2.75) is 13.5 Å². The maximum Gasteiger partial charge on any atom is 0.131 e. The highest BCUT2D eigenvalue weighted by Crippen LogP contribution is 2.32. The second-order valence-electron chi connectivity index (χ2n) is 3.95. The summed E-state index contributed by atoms with van der Waals surface area (Å²) in [6.45, 7) is 2.80. The average Bonchev–Trinajstić information content (AvgIpc) is 2.40. The molecule has 0 atom stereocenters. The van der Waals surface area contributed by atoms with Crippen molar-refractivity contribution >= 4 is 0 Å². The van der Waals surface area contributed by atoms with Gasteiger partial charge in [0.05, 0.1) is 6.61 Å². The molecule has 94 valence electrons. The summed E-state index contributed by atoms with van der Waals surface area (Å²) >= 11 is 0. The standard InChI is InChI=1S/C15H16FNO/c1-2-18-15-6-4-3-5-13(15)12-8-7-11(10-17)9-14(12)16/h3-9H,2,10,17H2,1H3. The minimum absolute atomic E-state index is 0.273. The van der Waals surface area contributed by atoms with Gasteiger partial charge in [0.15, 0.2) is 0 Å². The summed E-state index contributed by atoms with van der Waals surface area (Å²) in [5.74, 6) is 0.421. The largest absolute Gasteiger partial charge is 0.493 e. The molecule has 0 radical (unpaired) electrons. The molecular weight excluding hydrogens is 229 g/mol. The number of nitrogens with two attached hydrogens (primary N) is 1. The molecule has 0 aromatic heterocycles. The lowest BCUT2D eigenvalue weighted by Gasteiger charge is -2.11. The Labute approximate surface area is 106 Å². The van der Waals surface area contributed by atoms with Crippen LogP contribution in [0.2, 0.25) is 0 Å². The molecule has 0 spiro atoms. The van der Waals surface area contributed by atoms with Crippen LogP contribution in [0, 0.1) is 5.82 Å². The molecule has 0 saturated heterocycles. The molecule has 0 heterocycles. The highest BCUT2D eigenvalue weighted by Gasteiger charge is 2.10. The Morgan fingerprint density at radius 2 is 1.89 bits per heavy atom. The zero-order valence-corrected chi connectivity index (χ0v) is 10.3. The van der Waals surface area contributed by atoms with Crippen molar-refractivity contribution in [2.24, 2.45) is 5.73 Å². The van der Waals surface area contributed by atoms with Gasteiger partial charge in [0, 0.05) is 17.7 Å². The molecule has 0 aliphatic carbocycles. The number of hydrogen-bond donors (Lipinski definition) is 1. The van der Waals surface area contributed by atoms with Crippen molar-refractivity contribution in [2.75, 3.05) is 6.61 Å². The van der Waals surface area contributed by atoms with Gasteiger partial charge in [-0.2, -0.15) is 0 Å². The average molecular weight is 245 g/mol. The normalized spacial score (nSPS) is 10.4. The van der Waals surface area contributed by atoms with Crippen molar-refractivity contribution in [1.82, 2.24) is 0 Å². The van der Waals surface area contributed by atoms with Gasteiger partial charge in [0.1, 0.15) is 11.6 Å². The summed E-state index contributed by atoms with van der Waals surface area (Å²) in [5, 5.41) is 0. The maximum atomic E-state index is 14.0. The molecule has 2 aromatic carbocycles. The summed E-state index contributed by atoms with van der Waals surface area (Å²) in [5.41, 5.74) is 7.58. The van der Waals surface area contributed by atoms with Gasteiger partial charge in [0.25, 0.3) is 0 Å². The van der Waals surface area contributed by atoms with E-state index in [1.165, 1.54) is 6.07 Å². The third-order valence-corrected chi connectivity index (χ3v) is 2.75. The van der Waals surface area contributed by atoms with Crippen molar-refractivity contribution in [3.05, 3.63) is 53.8 Å². The molecule has 0 aliphatic rings. The Kier molecular flexibility index (Phi) is 3.95. The molecule has 0 unspecified atom stereocenters. The first kappa shape index (κ1) is 12.6. The quantitative estimate of drug-likeness (QED) is 0.896. The van der Waals surface area contributed by atoms with Gasteiger partial charge in [-0.1, -0.05) is 30.3 Å². The summed E-state index contributed by atoms with van der Waals surface area (Å²) in [4.78, 5) is 0. The first-order valence-corrected chi connectivity index (χ1v) is 5.97. The summed E-state index contributed by atoms with van der Waals surface area (Å²) < 4.78 is 19.5. The molecule has 2 N–H and O–H groups in total. The Bertz CT molecular complexity index is 540. The van der Waals surface area contributed by atoms with Crippen molar-refractivity contribution in [1.29, 1.82) is 0 Å². The van der Waals surface area contributed by atoms with Crippen LogP contribution in [0.4, 0.5) is 4.39 Å². The van der Waals surface area contributed by atoms with Crippen LogP contribution in [0.3, 0.4) is 0 Å². The van der Waals surface area contributed by atoms with Crippen LogP contribution in [0.5, 0.6) is 5.75 Å². The smallest absolute Gasteiger partial charge is 0.131 e. The Morgan fingerprint density at radius 3 is 2.56 bits per heavy atom. The molecule has 0 aliphatic heterocycles. The monoisotopic (exact) mass is 245 g/mol. The zero-order valence-electron chi connectivity index (χ0n) is 10.3. The van der Waals surface area contributed by atoms with Gasteiger partial charge in [-0.3, -0.25) is 0 Å². The number of halogens is 1. The third kappa shape index (κ3) is 2.51. The molecule has 0 amide bonds. The van der Waals surface area contributed by atoms with Gasteiger partial charge in [-0.15, -0.1) is 0 Å². The Hall–Kier alpha value is -1.87. The molecule has 18 heavy (non-hydrogen) atoms. The molecule has 2 rings (SSSR count). The Morgan fingerprint density at radius 1 is 1.11 bits per heavy atom. The molecule has 2 aromatic rings. The zero-order chi connectivity index (χ0) is 13.0. The van der Waals surface area contributed by atoms with Crippen LogP contribution >= 0.6 is 0 Å². The van der Waals surface area contributed by atoms with Crippen LogP contribution in [0.1, 0.15) is 12.5 Å². The SMILES string of the molecule is CCOc1ccccc1-c1ccc(CN)cc1F. The predicted molar refractivity (Wildman–Crippen MR) is 70.9 cm³/mol. The number of hydrogen-bond acceptors (Lipinski definition) is 2. The number of benzene rings is 2. The van der Waals surface area contributed by atoms with Gasteiger partial charge in [-0.05, 0) is 24.6 Å². The summed E-state index contributed by atoms with van der Waals surface area (Å²) in [7, 11) is 0. The molecule has 3 heteroatoms. The second-order valence-corrected chi connectivity index (χ2v) is 3.95. The van der Waals surface area contributed by atoms with Crippen LogP contribution in [0.25, 0.3) is 11.1 Å². The van der Waals surface area contributed by atoms with Crippen LogP contribution in [-0.2, 0) is 6.54 Å². The van der Waals surface area contributed by atoms with E-state index in [1.54, 1.807) is 6.07 Å². The van der Waals surface area contributed by atoms with Gasteiger partial charge < -0.3 is 10.5 Å². The molecule has 0 fully saturated rings. The van der Waals surface area contributed by atoms with E-state index in [1.807, 2.05) is 37.3 Å².